The second-order valence-corrected chi connectivity index (χ2v) is 3.72. The van der Waals surface area contributed by atoms with E-state index >= 15 is 0 Å². The van der Waals surface area contributed by atoms with Crippen LogP contribution in [-0.4, -0.2) is 27.5 Å². The van der Waals surface area contributed by atoms with Crippen LogP contribution in [-0.2, 0) is 4.79 Å². The molecule has 1 aromatic carbocycles. The van der Waals surface area contributed by atoms with Crippen molar-refractivity contribution < 1.29 is 14.6 Å². The SMILES string of the molecule is O=C(O)COc1cnn(-c2cccc(Cl)c2)c1. The van der Waals surface area contributed by atoms with Gasteiger partial charge in [0.25, 0.3) is 0 Å². The number of aromatic nitrogens is 2. The van der Waals surface area contributed by atoms with Crippen molar-refractivity contribution in [1.82, 2.24) is 9.78 Å². The standard InChI is InChI=1S/C11H9ClN2O3/c12-8-2-1-3-9(4-8)14-6-10(5-13-14)17-7-11(15)16/h1-6H,7H2,(H,15,16). The molecule has 0 aliphatic rings. The van der Waals surface area contributed by atoms with Gasteiger partial charge in [-0.1, -0.05) is 17.7 Å². The van der Waals surface area contributed by atoms with E-state index in [0.29, 0.717) is 10.8 Å². The van der Waals surface area contributed by atoms with Gasteiger partial charge in [0.15, 0.2) is 12.4 Å². The molecule has 1 aromatic heterocycles. The number of nitrogens with zero attached hydrogens (tertiary/aromatic N) is 2. The minimum Gasteiger partial charge on any atom is -0.479 e. The molecule has 5 nitrogen and oxygen atoms in total. The smallest absolute Gasteiger partial charge is 0.341 e. The Hall–Kier alpha value is -2.01. The lowest BCUT2D eigenvalue weighted by atomic mass is 10.3. The molecule has 0 aliphatic heterocycles. The average Bonchev–Trinajstić information content (AvgIpc) is 2.75. The fourth-order valence-corrected chi connectivity index (χ4v) is 1.47. The van der Waals surface area contributed by atoms with Gasteiger partial charge in [-0.2, -0.15) is 5.10 Å². The lowest BCUT2D eigenvalue weighted by Gasteiger charge is -2.01. The highest BCUT2D eigenvalue weighted by atomic mass is 35.5. The Labute approximate surface area is 102 Å². The number of carbonyl (C=O) groups is 1. The summed E-state index contributed by atoms with van der Waals surface area (Å²) in [5, 5.41) is 13.1. The summed E-state index contributed by atoms with van der Waals surface area (Å²) in [6.07, 6.45) is 3.04. The monoisotopic (exact) mass is 252 g/mol. The Morgan fingerprint density at radius 1 is 1.53 bits per heavy atom. The average molecular weight is 253 g/mol. The Bertz CT molecular complexity index is 539. The molecule has 0 saturated carbocycles. The fraction of sp³-hybridized carbons (Fsp3) is 0.0909. The molecule has 0 atom stereocenters. The summed E-state index contributed by atoms with van der Waals surface area (Å²) in [5.41, 5.74) is 0.780. The van der Waals surface area contributed by atoms with Crippen molar-refractivity contribution >= 4 is 17.6 Å². The highest BCUT2D eigenvalue weighted by Crippen LogP contribution is 2.17. The van der Waals surface area contributed by atoms with Crippen LogP contribution >= 0.6 is 11.6 Å². The highest BCUT2D eigenvalue weighted by molar-refractivity contribution is 6.30. The van der Waals surface area contributed by atoms with Crippen LogP contribution < -0.4 is 4.74 Å². The third-order valence-electron chi connectivity index (χ3n) is 1.99. The van der Waals surface area contributed by atoms with Gasteiger partial charge in [0.05, 0.1) is 18.1 Å². The first-order valence-electron chi connectivity index (χ1n) is 4.80. The van der Waals surface area contributed by atoms with Crippen molar-refractivity contribution in [2.45, 2.75) is 0 Å². The van der Waals surface area contributed by atoms with Crippen LogP contribution in [0.3, 0.4) is 0 Å². The Morgan fingerprint density at radius 3 is 3.06 bits per heavy atom. The van der Waals surface area contributed by atoms with Crippen LogP contribution in [0.2, 0.25) is 5.02 Å². The highest BCUT2D eigenvalue weighted by Gasteiger charge is 2.04. The first kappa shape index (κ1) is 11.5. The minimum atomic E-state index is -1.03. The summed E-state index contributed by atoms with van der Waals surface area (Å²) in [4.78, 5) is 10.3. The van der Waals surface area contributed by atoms with Crippen LogP contribution in [0, 0.1) is 0 Å². The molecular weight excluding hydrogens is 244 g/mol. The summed E-state index contributed by atoms with van der Waals surface area (Å²) in [7, 11) is 0. The van der Waals surface area contributed by atoms with E-state index in [1.54, 1.807) is 29.1 Å². The number of aliphatic carboxylic acids is 1. The van der Waals surface area contributed by atoms with Gasteiger partial charge in [0, 0.05) is 5.02 Å². The van der Waals surface area contributed by atoms with E-state index in [2.05, 4.69) is 5.10 Å². The van der Waals surface area contributed by atoms with Crippen LogP contribution in [0.5, 0.6) is 5.75 Å². The zero-order chi connectivity index (χ0) is 12.3. The number of hydrogen-bond acceptors (Lipinski definition) is 3. The van der Waals surface area contributed by atoms with E-state index in [0.717, 1.165) is 5.69 Å². The van der Waals surface area contributed by atoms with Gasteiger partial charge in [0.1, 0.15) is 0 Å². The molecule has 0 amide bonds. The largest absolute Gasteiger partial charge is 0.479 e. The molecule has 0 radical (unpaired) electrons. The zero-order valence-electron chi connectivity index (χ0n) is 8.71. The summed E-state index contributed by atoms with van der Waals surface area (Å²) < 4.78 is 6.54. The maximum atomic E-state index is 10.3. The van der Waals surface area contributed by atoms with Gasteiger partial charge in [-0.05, 0) is 18.2 Å². The van der Waals surface area contributed by atoms with E-state index in [4.69, 9.17) is 21.4 Å². The predicted molar refractivity (Wildman–Crippen MR) is 61.7 cm³/mol. The third kappa shape index (κ3) is 2.98. The van der Waals surface area contributed by atoms with Crippen molar-refractivity contribution in [2.24, 2.45) is 0 Å². The van der Waals surface area contributed by atoms with Crippen molar-refractivity contribution in [3.8, 4) is 11.4 Å². The van der Waals surface area contributed by atoms with Crippen LogP contribution in [0.4, 0.5) is 0 Å². The molecule has 0 spiro atoms. The third-order valence-corrected chi connectivity index (χ3v) is 2.23. The van der Waals surface area contributed by atoms with Gasteiger partial charge in [-0.15, -0.1) is 0 Å². The molecule has 0 unspecified atom stereocenters. The van der Waals surface area contributed by atoms with E-state index in [-0.39, 0.29) is 6.61 Å². The summed E-state index contributed by atoms with van der Waals surface area (Å²) in [6, 6.07) is 7.14. The lowest BCUT2D eigenvalue weighted by molar-refractivity contribution is -0.139. The van der Waals surface area contributed by atoms with E-state index in [1.807, 2.05) is 6.07 Å². The molecule has 17 heavy (non-hydrogen) atoms. The molecule has 6 heteroatoms. The minimum absolute atomic E-state index is 0.388. The number of rotatable bonds is 4. The number of carboxylic acids is 1. The van der Waals surface area contributed by atoms with Crippen molar-refractivity contribution in [3.05, 3.63) is 41.7 Å². The molecule has 1 heterocycles. The number of benzene rings is 1. The van der Waals surface area contributed by atoms with Crippen molar-refractivity contribution in [1.29, 1.82) is 0 Å². The van der Waals surface area contributed by atoms with Gasteiger partial charge < -0.3 is 9.84 Å². The van der Waals surface area contributed by atoms with E-state index in [1.165, 1.54) is 6.20 Å². The molecule has 2 rings (SSSR count). The topological polar surface area (TPSA) is 64.3 Å². The maximum Gasteiger partial charge on any atom is 0.341 e. The molecule has 0 fully saturated rings. The number of halogens is 1. The molecule has 88 valence electrons. The number of ether oxygens (including phenoxy) is 1. The van der Waals surface area contributed by atoms with Gasteiger partial charge in [0.2, 0.25) is 0 Å². The van der Waals surface area contributed by atoms with Crippen LogP contribution in [0.15, 0.2) is 36.7 Å². The fourth-order valence-electron chi connectivity index (χ4n) is 1.29. The summed E-state index contributed by atoms with van der Waals surface area (Å²) >= 11 is 5.85. The number of carboxylic acid groups (broad SMARTS) is 1. The van der Waals surface area contributed by atoms with Crippen molar-refractivity contribution in [3.63, 3.8) is 0 Å². The Morgan fingerprint density at radius 2 is 2.35 bits per heavy atom. The Kier molecular flexibility index (Phi) is 3.30. The maximum absolute atomic E-state index is 10.3. The molecule has 1 N–H and O–H groups in total. The lowest BCUT2D eigenvalue weighted by Crippen LogP contribution is -2.08. The van der Waals surface area contributed by atoms with Gasteiger partial charge in [-0.25, -0.2) is 9.48 Å². The second kappa shape index (κ2) is 4.88. The molecular formula is C11H9ClN2O3. The molecule has 0 saturated heterocycles. The van der Waals surface area contributed by atoms with Crippen LogP contribution in [0.1, 0.15) is 0 Å². The molecule has 0 bridgehead atoms. The normalized spacial score (nSPS) is 10.2. The van der Waals surface area contributed by atoms with E-state index < -0.39 is 5.97 Å². The first-order valence-corrected chi connectivity index (χ1v) is 5.18. The predicted octanol–water partition coefficient (Wildman–Crippen LogP) is 1.99. The summed E-state index contributed by atoms with van der Waals surface area (Å²) in [5.74, 6) is -0.632. The zero-order valence-corrected chi connectivity index (χ0v) is 9.46. The van der Waals surface area contributed by atoms with Crippen LogP contribution in [0.25, 0.3) is 5.69 Å². The van der Waals surface area contributed by atoms with Crippen molar-refractivity contribution in [2.75, 3.05) is 6.61 Å². The summed E-state index contributed by atoms with van der Waals surface area (Å²) in [6.45, 7) is -0.388. The molecule has 0 aliphatic carbocycles. The number of hydrogen-bond donors (Lipinski definition) is 1. The van der Waals surface area contributed by atoms with Gasteiger partial charge >= 0.3 is 5.97 Å². The second-order valence-electron chi connectivity index (χ2n) is 3.28. The molecule has 2 aromatic rings. The van der Waals surface area contributed by atoms with Gasteiger partial charge in [-0.3, -0.25) is 0 Å². The van der Waals surface area contributed by atoms with E-state index in [9.17, 15) is 4.79 Å². The quantitative estimate of drug-likeness (QED) is 0.904. The Balaban J connectivity index is 2.15. The first-order chi connectivity index (χ1) is 8.15.